The van der Waals surface area contributed by atoms with Gasteiger partial charge in [0.2, 0.25) is 6.10 Å². The van der Waals surface area contributed by atoms with Crippen molar-refractivity contribution in [3.8, 4) is 0 Å². The van der Waals surface area contributed by atoms with Crippen molar-refractivity contribution in [1.29, 1.82) is 0 Å². The van der Waals surface area contributed by atoms with E-state index < -0.39 is 17.7 Å². The molecule has 24 heavy (non-hydrogen) atoms. The van der Waals surface area contributed by atoms with Gasteiger partial charge in [-0.2, -0.15) is 0 Å². The number of benzene rings is 1. The molecule has 7 heteroatoms. The van der Waals surface area contributed by atoms with E-state index in [4.69, 9.17) is 4.84 Å². The minimum absolute atomic E-state index is 0.0260. The van der Waals surface area contributed by atoms with Crippen LogP contribution in [0.2, 0.25) is 0 Å². The third-order valence-electron chi connectivity index (χ3n) is 4.72. The molecule has 3 rings (SSSR count). The third-order valence-corrected chi connectivity index (χ3v) is 4.72. The Kier molecular flexibility index (Phi) is 4.80. The van der Waals surface area contributed by atoms with Crippen LogP contribution in [-0.4, -0.2) is 46.9 Å². The largest absolute Gasteiger partial charge is 0.393 e. The highest BCUT2D eigenvalue weighted by Gasteiger charge is 2.35. The van der Waals surface area contributed by atoms with Crippen LogP contribution in [-0.2, 0) is 9.63 Å². The van der Waals surface area contributed by atoms with Gasteiger partial charge < -0.3 is 14.8 Å². The lowest BCUT2D eigenvalue weighted by molar-refractivity contribution is -0.144. The van der Waals surface area contributed by atoms with Crippen LogP contribution in [0.5, 0.6) is 0 Å². The Balaban J connectivity index is 1.61. The Morgan fingerprint density at radius 1 is 1.38 bits per heavy atom. The molecule has 2 atom stereocenters. The fourth-order valence-electron chi connectivity index (χ4n) is 3.19. The second-order valence-electron chi connectivity index (χ2n) is 6.36. The maximum atomic E-state index is 13.8. The van der Waals surface area contributed by atoms with Gasteiger partial charge in [-0.15, -0.1) is 0 Å². The highest BCUT2D eigenvalue weighted by atomic mass is 19.1. The summed E-state index contributed by atoms with van der Waals surface area (Å²) >= 11 is 0. The van der Waals surface area contributed by atoms with E-state index in [1.54, 1.807) is 11.8 Å². The van der Waals surface area contributed by atoms with Gasteiger partial charge in [0, 0.05) is 25.1 Å². The van der Waals surface area contributed by atoms with Gasteiger partial charge in [0.15, 0.2) is 0 Å². The van der Waals surface area contributed by atoms with Gasteiger partial charge in [-0.3, -0.25) is 4.79 Å². The minimum Gasteiger partial charge on any atom is -0.393 e. The van der Waals surface area contributed by atoms with E-state index in [1.165, 1.54) is 0 Å². The normalized spacial score (nSPS) is 22.9. The number of aliphatic hydroxyl groups is 1. The van der Waals surface area contributed by atoms with Crippen LogP contribution in [0.4, 0.5) is 8.78 Å². The molecule has 2 aliphatic rings. The summed E-state index contributed by atoms with van der Waals surface area (Å²) in [6.07, 6.45) is 0.418. The van der Waals surface area contributed by atoms with E-state index in [9.17, 15) is 18.7 Å². The number of piperidine rings is 1. The Bertz CT molecular complexity index is 655. The summed E-state index contributed by atoms with van der Waals surface area (Å²) in [6.45, 7) is 2.87. The Morgan fingerprint density at radius 2 is 2.08 bits per heavy atom. The zero-order chi connectivity index (χ0) is 17.3. The SMILES string of the molecule is CC(O)C1CCN(C(=O)C2CC(c3cc(F)ccc3F)=NO2)CC1. The molecule has 1 fully saturated rings. The first-order valence-electron chi connectivity index (χ1n) is 8.10. The lowest BCUT2D eigenvalue weighted by Gasteiger charge is -2.34. The quantitative estimate of drug-likeness (QED) is 0.918. The topological polar surface area (TPSA) is 62.1 Å². The van der Waals surface area contributed by atoms with Crippen molar-refractivity contribution in [2.75, 3.05) is 13.1 Å². The summed E-state index contributed by atoms with van der Waals surface area (Å²) in [6, 6.07) is 3.12. The van der Waals surface area contributed by atoms with Gasteiger partial charge >= 0.3 is 0 Å². The molecule has 2 aliphatic heterocycles. The van der Waals surface area contributed by atoms with E-state index in [0.717, 1.165) is 31.0 Å². The minimum atomic E-state index is -0.800. The van der Waals surface area contributed by atoms with Crippen LogP contribution in [0.3, 0.4) is 0 Å². The number of carbonyl (C=O) groups is 1. The van der Waals surface area contributed by atoms with Gasteiger partial charge in [0.05, 0.1) is 11.8 Å². The van der Waals surface area contributed by atoms with Gasteiger partial charge in [-0.05, 0) is 43.9 Å². The molecule has 1 amide bonds. The van der Waals surface area contributed by atoms with Crippen LogP contribution >= 0.6 is 0 Å². The third kappa shape index (κ3) is 3.40. The van der Waals surface area contributed by atoms with E-state index in [0.29, 0.717) is 13.1 Å². The molecule has 0 radical (unpaired) electrons. The molecule has 130 valence electrons. The molecule has 0 spiro atoms. The van der Waals surface area contributed by atoms with Crippen LogP contribution in [0.1, 0.15) is 31.7 Å². The molecular formula is C17H20F2N2O3. The molecule has 2 unspecified atom stereocenters. The standard InChI is InChI=1S/C17H20F2N2O3/c1-10(22)11-4-6-21(7-5-11)17(23)16-9-15(20-24-16)13-8-12(18)2-3-14(13)19/h2-3,8,10-11,16,22H,4-7,9H2,1H3. The molecule has 0 aliphatic carbocycles. The number of oxime groups is 1. The van der Waals surface area contributed by atoms with Crippen LogP contribution in [0.15, 0.2) is 23.4 Å². The number of rotatable bonds is 3. The fraction of sp³-hybridized carbons (Fsp3) is 0.529. The molecule has 2 heterocycles. The number of nitrogens with zero attached hydrogens (tertiary/aromatic N) is 2. The molecule has 0 bridgehead atoms. The fourth-order valence-corrected chi connectivity index (χ4v) is 3.19. The van der Waals surface area contributed by atoms with E-state index in [1.807, 2.05) is 0 Å². The van der Waals surface area contributed by atoms with Gasteiger partial charge in [0.25, 0.3) is 5.91 Å². The van der Waals surface area contributed by atoms with E-state index in [2.05, 4.69) is 5.16 Å². The zero-order valence-electron chi connectivity index (χ0n) is 13.4. The number of likely N-dealkylation sites (tertiary alicyclic amines) is 1. The van der Waals surface area contributed by atoms with Gasteiger partial charge in [0.1, 0.15) is 11.6 Å². The number of carbonyl (C=O) groups excluding carboxylic acids is 1. The summed E-state index contributed by atoms with van der Waals surface area (Å²) < 4.78 is 27.1. The Hall–Kier alpha value is -2.02. The zero-order valence-corrected chi connectivity index (χ0v) is 13.4. The molecule has 1 aromatic carbocycles. The maximum Gasteiger partial charge on any atom is 0.266 e. The number of hydrogen-bond donors (Lipinski definition) is 1. The van der Waals surface area contributed by atoms with Crippen molar-refractivity contribution in [3.63, 3.8) is 0 Å². The van der Waals surface area contributed by atoms with E-state index >= 15 is 0 Å². The predicted octanol–water partition coefficient (Wildman–Crippen LogP) is 2.08. The highest BCUT2D eigenvalue weighted by Crippen LogP contribution is 2.25. The van der Waals surface area contributed by atoms with Crippen molar-refractivity contribution < 1.29 is 23.5 Å². The Morgan fingerprint density at radius 3 is 2.75 bits per heavy atom. The van der Waals surface area contributed by atoms with Gasteiger partial charge in [-0.1, -0.05) is 5.16 Å². The van der Waals surface area contributed by atoms with Crippen molar-refractivity contribution in [2.24, 2.45) is 11.1 Å². The number of amides is 1. The average Bonchev–Trinajstić information content (AvgIpc) is 3.06. The van der Waals surface area contributed by atoms with E-state index in [-0.39, 0.29) is 35.6 Å². The lowest BCUT2D eigenvalue weighted by Crippen LogP contribution is -2.45. The van der Waals surface area contributed by atoms with Crippen molar-refractivity contribution in [3.05, 3.63) is 35.4 Å². The molecule has 1 aromatic rings. The predicted molar refractivity (Wildman–Crippen MR) is 83.4 cm³/mol. The number of aliphatic hydroxyl groups excluding tert-OH is 1. The first-order valence-corrected chi connectivity index (χ1v) is 8.10. The summed E-state index contributed by atoms with van der Waals surface area (Å²) in [7, 11) is 0. The maximum absolute atomic E-state index is 13.8. The smallest absolute Gasteiger partial charge is 0.266 e. The van der Waals surface area contributed by atoms with Crippen molar-refractivity contribution >= 4 is 11.6 Å². The molecule has 0 saturated carbocycles. The van der Waals surface area contributed by atoms with Crippen molar-refractivity contribution in [1.82, 2.24) is 4.90 Å². The average molecular weight is 338 g/mol. The number of hydrogen-bond acceptors (Lipinski definition) is 4. The van der Waals surface area contributed by atoms with Crippen LogP contribution < -0.4 is 0 Å². The Labute approximate surface area is 138 Å². The first kappa shape index (κ1) is 16.8. The monoisotopic (exact) mass is 338 g/mol. The molecule has 1 saturated heterocycles. The molecule has 5 nitrogen and oxygen atoms in total. The second-order valence-corrected chi connectivity index (χ2v) is 6.36. The van der Waals surface area contributed by atoms with Crippen LogP contribution in [0, 0.1) is 17.6 Å². The second kappa shape index (κ2) is 6.84. The van der Waals surface area contributed by atoms with Gasteiger partial charge in [-0.25, -0.2) is 8.78 Å². The molecule has 1 N–H and O–H groups in total. The highest BCUT2D eigenvalue weighted by molar-refractivity contribution is 6.04. The summed E-state index contributed by atoms with van der Waals surface area (Å²) in [5, 5.41) is 13.4. The molecular weight excluding hydrogens is 318 g/mol. The van der Waals surface area contributed by atoms with Crippen molar-refractivity contribution in [2.45, 2.75) is 38.4 Å². The summed E-state index contributed by atoms with van der Waals surface area (Å²) in [5.74, 6) is -1.16. The summed E-state index contributed by atoms with van der Waals surface area (Å²) in [4.78, 5) is 19.3. The molecule has 0 aromatic heterocycles. The first-order chi connectivity index (χ1) is 11.5. The van der Waals surface area contributed by atoms with Crippen LogP contribution in [0.25, 0.3) is 0 Å². The lowest BCUT2D eigenvalue weighted by atomic mass is 9.92. The number of halogens is 2. The summed E-state index contributed by atoms with van der Waals surface area (Å²) in [5.41, 5.74) is 0.266.